The Kier molecular flexibility index (Phi) is 4.40. The van der Waals surface area contributed by atoms with Crippen LogP contribution in [0.15, 0.2) is 28.4 Å². The summed E-state index contributed by atoms with van der Waals surface area (Å²) in [7, 11) is 3.15. The summed E-state index contributed by atoms with van der Waals surface area (Å²) in [5.74, 6) is 1.63. The molecular weight excluding hydrogens is 266 g/mol. The molecule has 19 heavy (non-hydrogen) atoms. The average molecular weight is 279 g/mol. The molecule has 1 N–H and O–H groups in total. The highest BCUT2D eigenvalue weighted by atomic mass is 32.2. The molecule has 1 fully saturated rings. The van der Waals surface area contributed by atoms with E-state index in [0.717, 1.165) is 5.56 Å². The van der Waals surface area contributed by atoms with Crippen LogP contribution in [0.5, 0.6) is 11.5 Å². The number of nitrogens with one attached hydrogen (secondary N) is 1. The van der Waals surface area contributed by atoms with Crippen LogP contribution in [0.3, 0.4) is 0 Å². The van der Waals surface area contributed by atoms with Gasteiger partial charge >= 0.3 is 0 Å². The Hall–Kier alpha value is -2.02. The average Bonchev–Trinajstić information content (AvgIpc) is 2.84. The first-order chi connectivity index (χ1) is 9.22. The van der Waals surface area contributed by atoms with E-state index in [1.165, 1.54) is 11.8 Å². The number of ether oxygens (including phenoxy) is 2. The summed E-state index contributed by atoms with van der Waals surface area (Å²) in [5, 5.41) is 10.9. The number of amidine groups is 1. The van der Waals surface area contributed by atoms with Gasteiger partial charge in [-0.05, 0) is 23.8 Å². The zero-order valence-electron chi connectivity index (χ0n) is 10.5. The van der Waals surface area contributed by atoms with Gasteiger partial charge in [-0.2, -0.15) is 5.10 Å². The summed E-state index contributed by atoms with van der Waals surface area (Å²) >= 11 is 1.33. The minimum absolute atomic E-state index is 0.0509. The lowest BCUT2D eigenvalue weighted by Crippen LogP contribution is -2.19. The van der Waals surface area contributed by atoms with Crippen molar-refractivity contribution in [2.75, 3.05) is 20.0 Å². The van der Waals surface area contributed by atoms with E-state index in [1.54, 1.807) is 32.6 Å². The third kappa shape index (κ3) is 3.47. The normalized spacial score (nSPS) is 16.9. The van der Waals surface area contributed by atoms with Gasteiger partial charge in [0, 0.05) is 0 Å². The summed E-state index contributed by atoms with van der Waals surface area (Å²) in [6.45, 7) is 0. The van der Waals surface area contributed by atoms with Crippen LogP contribution in [0.4, 0.5) is 0 Å². The Labute approximate surface area is 114 Å². The largest absolute Gasteiger partial charge is 0.493 e. The molecular formula is C12H13N3O3S. The molecule has 0 unspecified atom stereocenters. The number of hydrogen-bond donors (Lipinski definition) is 1. The first-order valence-corrected chi connectivity index (χ1v) is 6.47. The maximum Gasteiger partial charge on any atom is 0.236 e. The number of methoxy groups -OCH3 is 2. The fourth-order valence-corrected chi connectivity index (χ4v) is 2.09. The predicted octanol–water partition coefficient (Wildman–Crippen LogP) is 1.26. The molecule has 1 amide bonds. The smallest absolute Gasteiger partial charge is 0.236 e. The zero-order valence-corrected chi connectivity index (χ0v) is 11.4. The van der Waals surface area contributed by atoms with E-state index in [1.807, 2.05) is 6.07 Å². The number of benzene rings is 1. The van der Waals surface area contributed by atoms with E-state index in [-0.39, 0.29) is 5.91 Å². The van der Waals surface area contributed by atoms with Gasteiger partial charge in [0.05, 0.1) is 26.2 Å². The van der Waals surface area contributed by atoms with Gasteiger partial charge in [-0.25, -0.2) is 0 Å². The van der Waals surface area contributed by atoms with E-state index < -0.39 is 0 Å². The number of rotatable bonds is 4. The lowest BCUT2D eigenvalue weighted by atomic mass is 10.2. The lowest BCUT2D eigenvalue weighted by molar-refractivity contribution is -0.116. The van der Waals surface area contributed by atoms with Crippen molar-refractivity contribution in [2.45, 2.75) is 0 Å². The molecule has 0 saturated carbocycles. The van der Waals surface area contributed by atoms with E-state index >= 15 is 0 Å². The molecule has 1 heterocycles. The van der Waals surface area contributed by atoms with E-state index in [0.29, 0.717) is 22.4 Å². The maximum absolute atomic E-state index is 10.9. The summed E-state index contributed by atoms with van der Waals surface area (Å²) in [6.07, 6.45) is 1.58. The first kappa shape index (κ1) is 13.4. The summed E-state index contributed by atoms with van der Waals surface area (Å²) in [4.78, 5) is 10.9. The molecule has 1 aromatic carbocycles. The number of thioether (sulfide) groups is 1. The fraction of sp³-hybridized carbons (Fsp3) is 0.250. The zero-order chi connectivity index (χ0) is 13.7. The van der Waals surface area contributed by atoms with Gasteiger partial charge < -0.3 is 14.8 Å². The van der Waals surface area contributed by atoms with Crippen LogP contribution < -0.4 is 14.8 Å². The molecule has 0 atom stereocenters. The molecule has 0 aromatic heterocycles. The van der Waals surface area contributed by atoms with Crippen molar-refractivity contribution in [3.05, 3.63) is 23.8 Å². The van der Waals surface area contributed by atoms with Crippen LogP contribution >= 0.6 is 11.8 Å². The molecule has 0 radical (unpaired) electrons. The molecule has 1 aliphatic heterocycles. The van der Waals surface area contributed by atoms with Gasteiger partial charge in [-0.1, -0.05) is 11.8 Å². The maximum atomic E-state index is 10.9. The summed E-state index contributed by atoms with van der Waals surface area (Å²) < 4.78 is 10.3. The molecule has 7 heteroatoms. The van der Waals surface area contributed by atoms with Crippen LogP contribution in [0.25, 0.3) is 0 Å². The van der Waals surface area contributed by atoms with Gasteiger partial charge in [0.2, 0.25) is 5.91 Å². The molecule has 0 spiro atoms. The molecule has 0 aliphatic carbocycles. The van der Waals surface area contributed by atoms with Crippen molar-refractivity contribution >= 4 is 29.1 Å². The highest BCUT2D eigenvalue weighted by Gasteiger charge is 2.15. The quantitative estimate of drug-likeness (QED) is 0.665. The highest BCUT2D eigenvalue weighted by Crippen LogP contribution is 2.26. The SMILES string of the molecule is COc1ccc(C=NN=C2NC(=O)CS2)cc1OC. The van der Waals surface area contributed by atoms with Crippen LogP contribution in [-0.4, -0.2) is 37.3 Å². The Bertz CT molecular complexity index is 543. The molecule has 0 bridgehead atoms. The Morgan fingerprint density at radius 3 is 2.74 bits per heavy atom. The van der Waals surface area contributed by atoms with Gasteiger partial charge in [-0.15, -0.1) is 5.10 Å². The minimum Gasteiger partial charge on any atom is -0.493 e. The molecule has 1 saturated heterocycles. The second-order valence-corrected chi connectivity index (χ2v) is 4.57. The minimum atomic E-state index is -0.0509. The topological polar surface area (TPSA) is 72.3 Å². The third-order valence-corrected chi connectivity index (χ3v) is 3.21. The third-order valence-electron chi connectivity index (χ3n) is 2.35. The van der Waals surface area contributed by atoms with Crippen LogP contribution in [0.1, 0.15) is 5.56 Å². The number of amides is 1. The van der Waals surface area contributed by atoms with Crippen molar-refractivity contribution in [3.8, 4) is 11.5 Å². The van der Waals surface area contributed by atoms with Crippen LogP contribution in [0.2, 0.25) is 0 Å². The number of hydrogen-bond acceptors (Lipinski definition) is 6. The Morgan fingerprint density at radius 2 is 2.11 bits per heavy atom. The second-order valence-electron chi connectivity index (χ2n) is 3.60. The van der Waals surface area contributed by atoms with E-state index in [9.17, 15) is 4.79 Å². The first-order valence-electron chi connectivity index (χ1n) is 5.48. The van der Waals surface area contributed by atoms with Gasteiger partial charge in [0.1, 0.15) is 0 Å². The Morgan fingerprint density at radius 1 is 1.32 bits per heavy atom. The van der Waals surface area contributed by atoms with Crippen molar-refractivity contribution in [1.82, 2.24) is 5.32 Å². The molecule has 6 nitrogen and oxygen atoms in total. The Balaban J connectivity index is 2.08. The van der Waals surface area contributed by atoms with Crippen LogP contribution in [-0.2, 0) is 4.79 Å². The highest BCUT2D eigenvalue weighted by molar-refractivity contribution is 8.15. The standard InChI is InChI=1S/C12H13N3O3S/c1-17-9-4-3-8(5-10(9)18-2)6-13-15-12-14-11(16)7-19-12/h3-6H,7H2,1-2H3,(H,14,15,16). The van der Waals surface area contributed by atoms with Crippen molar-refractivity contribution in [3.63, 3.8) is 0 Å². The predicted molar refractivity (Wildman–Crippen MR) is 75.2 cm³/mol. The van der Waals surface area contributed by atoms with Gasteiger partial charge in [0.15, 0.2) is 16.7 Å². The van der Waals surface area contributed by atoms with Crippen LogP contribution in [0, 0.1) is 0 Å². The van der Waals surface area contributed by atoms with Gasteiger partial charge in [0.25, 0.3) is 0 Å². The summed E-state index contributed by atoms with van der Waals surface area (Å²) in [6, 6.07) is 5.42. The second kappa shape index (κ2) is 6.24. The fourth-order valence-electron chi connectivity index (χ4n) is 1.46. The molecule has 100 valence electrons. The molecule has 2 rings (SSSR count). The monoisotopic (exact) mass is 279 g/mol. The van der Waals surface area contributed by atoms with Crippen molar-refractivity contribution < 1.29 is 14.3 Å². The molecule has 1 aliphatic rings. The van der Waals surface area contributed by atoms with E-state index in [2.05, 4.69) is 15.5 Å². The van der Waals surface area contributed by atoms with E-state index in [4.69, 9.17) is 9.47 Å². The number of carbonyl (C=O) groups excluding carboxylic acids is 1. The lowest BCUT2D eigenvalue weighted by Gasteiger charge is -2.07. The molecule has 1 aromatic rings. The number of nitrogens with zero attached hydrogens (tertiary/aromatic N) is 2. The van der Waals surface area contributed by atoms with Gasteiger partial charge in [-0.3, -0.25) is 4.79 Å². The van der Waals surface area contributed by atoms with Crippen molar-refractivity contribution in [1.29, 1.82) is 0 Å². The number of carbonyl (C=O) groups is 1. The van der Waals surface area contributed by atoms with Crippen molar-refractivity contribution in [2.24, 2.45) is 10.2 Å². The summed E-state index contributed by atoms with van der Waals surface area (Å²) in [5.41, 5.74) is 0.830.